The molecule has 5 rings (SSSR count). The smallest absolute Gasteiger partial charge is 0.251 e. The lowest BCUT2D eigenvalue weighted by Gasteiger charge is -2.39. The molecule has 2 aliphatic heterocycles. The second-order valence-electron chi connectivity index (χ2n) is 7.82. The van der Waals surface area contributed by atoms with Crippen molar-refractivity contribution in [3.05, 3.63) is 71.5 Å². The molecule has 0 saturated carbocycles. The summed E-state index contributed by atoms with van der Waals surface area (Å²) in [4.78, 5) is 27.3. The zero-order chi connectivity index (χ0) is 21.3. The fraction of sp³-hybridized carbons (Fsp3) is 0.304. The van der Waals surface area contributed by atoms with E-state index in [-0.39, 0.29) is 11.5 Å². The molecule has 1 spiro atoms. The van der Waals surface area contributed by atoms with Crippen LogP contribution in [0, 0.1) is 0 Å². The van der Waals surface area contributed by atoms with Gasteiger partial charge >= 0.3 is 0 Å². The number of nitrogens with zero attached hydrogens (tertiary/aromatic N) is 4. The highest BCUT2D eigenvalue weighted by atomic mass is 16.5. The van der Waals surface area contributed by atoms with Crippen molar-refractivity contribution >= 4 is 23.5 Å². The Morgan fingerprint density at radius 2 is 1.94 bits per heavy atom. The van der Waals surface area contributed by atoms with Crippen molar-refractivity contribution in [1.82, 2.24) is 20.3 Å². The number of carbonyl (C=O) groups excluding carboxylic acids is 1. The van der Waals surface area contributed by atoms with Crippen molar-refractivity contribution in [2.75, 3.05) is 30.4 Å². The average molecular weight is 416 g/mol. The van der Waals surface area contributed by atoms with E-state index in [2.05, 4.69) is 54.8 Å². The number of piperidine rings is 1. The maximum Gasteiger partial charge on any atom is 0.251 e. The SMILES string of the molecule is CNC(=O)c1cccc(Nc2ncnc(N3CCC4(CC3)OCc3ccccc34)n2)c1. The van der Waals surface area contributed by atoms with Crippen LogP contribution in [0.5, 0.6) is 0 Å². The third-order valence-corrected chi connectivity index (χ3v) is 6.03. The molecular weight excluding hydrogens is 392 g/mol. The molecule has 3 heterocycles. The molecule has 2 N–H and O–H groups in total. The molecule has 0 bridgehead atoms. The van der Waals surface area contributed by atoms with E-state index in [9.17, 15) is 4.79 Å². The summed E-state index contributed by atoms with van der Waals surface area (Å²) in [5, 5.41) is 5.80. The van der Waals surface area contributed by atoms with Gasteiger partial charge in [0.25, 0.3) is 5.91 Å². The van der Waals surface area contributed by atoms with Crippen LogP contribution in [0.2, 0.25) is 0 Å². The van der Waals surface area contributed by atoms with Crippen molar-refractivity contribution in [2.24, 2.45) is 0 Å². The number of anilines is 3. The topological polar surface area (TPSA) is 92.3 Å². The van der Waals surface area contributed by atoms with Gasteiger partial charge in [-0.15, -0.1) is 0 Å². The minimum Gasteiger partial charge on any atom is -0.365 e. The van der Waals surface area contributed by atoms with Gasteiger partial charge in [-0.05, 0) is 42.2 Å². The van der Waals surface area contributed by atoms with Crippen molar-refractivity contribution in [2.45, 2.75) is 25.0 Å². The van der Waals surface area contributed by atoms with E-state index in [4.69, 9.17) is 4.74 Å². The second kappa shape index (κ2) is 7.96. The Labute approximate surface area is 180 Å². The van der Waals surface area contributed by atoms with Crippen LogP contribution < -0.4 is 15.5 Å². The fourth-order valence-electron chi connectivity index (χ4n) is 4.38. The molecule has 0 unspecified atom stereocenters. The number of hydrogen-bond donors (Lipinski definition) is 2. The third kappa shape index (κ3) is 3.70. The average Bonchev–Trinajstić information content (AvgIpc) is 3.17. The minimum atomic E-state index is -0.193. The number of ether oxygens (including phenoxy) is 1. The highest BCUT2D eigenvalue weighted by Gasteiger charge is 2.42. The summed E-state index contributed by atoms with van der Waals surface area (Å²) in [6, 6.07) is 15.7. The van der Waals surface area contributed by atoms with Gasteiger partial charge in [-0.1, -0.05) is 30.3 Å². The minimum absolute atomic E-state index is 0.141. The van der Waals surface area contributed by atoms with Gasteiger partial charge in [-0.3, -0.25) is 4.79 Å². The lowest BCUT2D eigenvalue weighted by Crippen LogP contribution is -2.43. The normalized spacial score (nSPS) is 16.7. The standard InChI is InChI=1S/C23H24N6O2/c1-24-20(30)16-6-4-7-18(13-16)27-21-25-15-26-22(28-21)29-11-9-23(10-12-29)19-8-3-2-5-17(19)14-31-23/h2-8,13,15H,9-12,14H2,1H3,(H,24,30)(H,25,26,27,28). The Morgan fingerprint density at radius 1 is 1.10 bits per heavy atom. The number of hydrogen-bond acceptors (Lipinski definition) is 7. The highest BCUT2D eigenvalue weighted by Crippen LogP contribution is 2.44. The van der Waals surface area contributed by atoms with E-state index in [1.54, 1.807) is 19.2 Å². The lowest BCUT2D eigenvalue weighted by molar-refractivity contribution is -0.0552. The zero-order valence-electron chi connectivity index (χ0n) is 17.3. The summed E-state index contributed by atoms with van der Waals surface area (Å²) in [7, 11) is 1.61. The summed E-state index contributed by atoms with van der Waals surface area (Å²) in [6.07, 6.45) is 3.30. The molecule has 2 aliphatic rings. The molecule has 0 aliphatic carbocycles. The Bertz CT molecular complexity index is 1110. The molecule has 8 nitrogen and oxygen atoms in total. The van der Waals surface area contributed by atoms with Crippen LogP contribution in [0.1, 0.15) is 34.3 Å². The number of fused-ring (bicyclic) bond motifs is 2. The molecule has 0 radical (unpaired) electrons. The summed E-state index contributed by atoms with van der Waals surface area (Å²) in [6.45, 7) is 2.30. The van der Waals surface area contributed by atoms with Crippen LogP contribution in [-0.4, -0.2) is 41.0 Å². The Kier molecular flexibility index (Phi) is 4.99. The predicted octanol–water partition coefficient (Wildman–Crippen LogP) is 3.00. The van der Waals surface area contributed by atoms with E-state index >= 15 is 0 Å². The monoisotopic (exact) mass is 416 g/mol. The molecule has 1 fully saturated rings. The first-order valence-electron chi connectivity index (χ1n) is 10.4. The third-order valence-electron chi connectivity index (χ3n) is 6.03. The molecule has 2 aromatic carbocycles. The van der Waals surface area contributed by atoms with Crippen molar-refractivity contribution in [1.29, 1.82) is 0 Å². The second-order valence-corrected chi connectivity index (χ2v) is 7.82. The van der Waals surface area contributed by atoms with Crippen LogP contribution >= 0.6 is 0 Å². The first kappa shape index (κ1) is 19.4. The highest BCUT2D eigenvalue weighted by molar-refractivity contribution is 5.95. The van der Waals surface area contributed by atoms with E-state index in [0.717, 1.165) is 31.6 Å². The predicted molar refractivity (Wildman–Crippen MR) is 117 cm³/mol. The maximum absolute atomic E-state index is 11.9. The Hall–Kier alpha value is -3.52. The van der Waals surface area contributed by atoms with Gasteiger partial charge in [0.05, 0.1) is 12.2 Å². The van der Waals surface area contributed by atoms with Gasteiger partial charge in [0.2, 0.25) is 11.9 Å². The molecule has 158 valence electrons. The first-order valence-corrected chi connectivity index (χ1v) is 10.4. The van der Waals surface area contributed by atoms with Crippen LogP contribution in [0.25, 0.3) is 0 Å². The molecule has 1 aromatic heterocycles. The summed E-state index contributed by atoms with van der Waals surface area (Å²) < 4.78 is 6.25. The van der Waals surface area contributed by atoms with Gasteiger partial charge in [0, 0.05) is 31.4 Å². The molecule has 0 atom stereocenters. The van der Waals surface area contributed by atoms with Gasteiger partial charge in [0.1, 0.15) is 6.33 Å². The number of carbonyl (C=O) groups is 1. The molecular formula is C23H24N6O2. The summed E-state index contributed by atoms with van der Waals surface area (Å²) >= 11 is 0. The number of nitrogens with one attached hydrogen (secondary N) is 2. The molecule has 8 heteroatoms. The van der Waals surface area contributed by atoms with Gasteiger partial charge in [0.15, 0.2) is 0 Å². The lowest BCUT2D eigenvalue weighted by atomic mass is 9.84. The number of rotatable bonds is 4. The van der Waals surface area contributed by atoms with E-state index < -0.39 is 0 Å². The van der Waals surface area contributed by atoms with Crippen molar-refractivity contribution in [3.63, 3.8) is 0 Å². The van der Waals surface area contributed by atoms with Crippen molar-refractivity contribution < 1.29 is 9.53 Å². The summed E-state index contributed by atoms with van der Waals surface area (Å²) in [5.74, 6) is 0.945. The Morgan fingerprint density at radius 3 is 2.77 bits per heavy atom. The van der Waals surface area contributed by atoms with E-state index in [1.807, 2.05) is 12.1 Å². The zero-order valence-corrected chi connectivity index (χ0v) is 17.3. The quantitative estimate of drug-likeness (QED) is 0.675. The van der Waals surface area contributed by atoms with E-state index in [1.165, 1.54) is 17.5 Å². The van der Waals surface area contributed by atoms with E-state index in [0.29, 0.717) is 24.1 Å². The molecule has 1 amide bonds. The van der Waals surface area contributed by atoms with Crippen LogP contribution in [0.3, 0.4) is 0 Å². The van der Waals surface area contributed by atoms with Gasteiger partial charge in [-0.25, -0.2) is 9.97 Å². The molecule has 3 aromatic rings. The fourth-order valence-corrected chi connectivity index (χ4v) is 4.38. The number of benzene rings is 2. The largest absolute Gasteiger partial charge is 0.365 e. The van der Waals surface area contributed by atoms with Gasteiger partial charge in [-0.2, -0.15) is 4.98 Å². The first-order chi connectivity index (χ1) is 15.2. The summed E-state index contributed by atoms with van der Waals surface area (Å²) in [5.41, 5.74) is 3.73. The number of aromatic nitrogens is 3. The Balaban J connectivity index is 1.29. The number of amides is 1. The van der Waals surface area contributed by atoms with Crippen LogP contribution in [-0.2, 0) is 16.9 Å². The van der Waals surface area contributed by atoms with Crippen LogP contribution in [0.4, 0.5) is 17.6 Å². The van der Waals surface area contributed by atoms with Crippen molar-refractivity contribution in [3.8, 4) is 0 Å². The van der Waals surface area contributed by atoms with Crippen LogP contribution in [0.15, 0.2) is 54.9 Å². The maximum atomic E-state index is 11.9. The molecule has 1 saturated heterocycles. The van der Waals surface area contributed by atoms with Gasteiger partial charge < -0.3 is 20.3 Å². The molecule has 31 heavy (non-hydrogen) atoms.